The van der Waals surface area contributed by atoms with Crippen LogP contribution in [-0.2, 0) is 16.8 Å². The molecule has 0 bridgehead atoms. The summed E-state index contributed by atoms with van der Waals surface area (Å²) in [6.07, 6.45) is 6.56. The molecule has 2 unspecified atom stereocenters. The minimum atomic E-state index is -1.46. The maximum atomic E-state index is 15.7. The Morgan fingerprint density at radius 1 is 1.15 bits per heavy atom. The highest BCUT2D eigenvalue weighted by Gasteiger charge is 2.32. The summed E-state index contributed by atoms with van der Waals surface area (Å²) >= 11 is 0. The van der Waals surface area contributed by atoms with Gasteiger partial charge in [0, 0.05) is 62.5 Å². The maximum absolute atomic E-state index is 15.7. The maximum Gasteiger partial charge on any atom is 0.254 e. The van der Waals surface area contributed by atoms with Gasteiger partial charge in [0.05, 0.1) is 23.2 Å². The molecular weight excluding hydrogens is 603 g/mol. The average molecular weight is 653 g/mol. The van der Waals surface area contributed by atoms with Gasteiger partial charge in [0.25, 0.3) is 5.91 Å². The van der Waals surface area contributed by atoms with E-state index in [1.807, 2.05) is 41.8 Å². The molecular formula is C38H49FN8O. The van der Waals surface area contributed by atoms with Crippen LogP contribution in [0, 0.1) is 23.2 Å². The molecule has 0 saturated carbocycles. The van der Waals surface area contributed by atoms with Crippen LogP contribution in [0.15, 0.2) is 77.4 Å². The Bertz CT molecular complexity index is 1820. The van der Waals surface area contributed by atoms with Gasteiger partial charge in [0.15, 0.2) is 5.65 Å². The summed E-state index contributed by atoms with van der Waals surface area (Å²) in [5.41, 5.74) is 6.86. The number of allylic oxidation sites excluding steroid dienone is 4. The van der Waals surface area contributed by atoms with Gasteiger partial charge < -0.3 is 31.2 Å². The number of amides is 1. The molecule has 2 aromatic heterocycles. The number of hydrogen-bond donors (Lipinski definition) is 4. The molecule has 0 fully saturated rings. The number of fused-ring (bicyclic) bond motifs is 1. The lowest BCUT2D eigenvalue weighted by molar-refractivity contribution is -0.113. The first-order chi connectivity index (χ1) is 22.7. The van der Waals surface area contributed by atoms with Gasteiger partial charge >= 0.3 is 0 Å². The SMILES string of the molecule is CN/C=C(\C=N)Nc1cccn2c(C#CC3=C(C)C(C)C(F)C(C(=O)Nc4ccc(CN(C)CCN(C)C)c(C(C)(C)C)c4)=C3)cnc12. The Labute approximate surface area is 284 Å². The molecule has 0 spiro atoms. The van der Waals surface area contributed by atoms with Crippen LogP contribution in [0.25, 0.3) is 5.65 Å². The zero-order valence-corrected chi connectivity index (χ0v) is 29.6. The van der Waals surface area contributed by atoms with Crippen molar-refractivity contribution in [3.05, 3.63) is 94.2 Å². The fraction of sp³-hybridized carbons (Fsp3) is 0.395. The van der Waals surface area contributed by atoms with Crippen LogP contribution < -0.4 is 16.0 Å². The number of halogens is 1. The Balaban J connectivity index is 1.60. The second-order valence-corrected chi connectivity index (χ2v) is 13.7. The van der Waals surface area contributed by atoms with E-state index in [1.165, 1.54) is 11.8 Å². The molecule has 254 valence electrons. The largest absolute Gasteiger partial charge is 0.392 e. The lowest BCUT2D eigenvalue weighted by Gasteiger charge is -2.28. The monoisotopic (exact) mass is 652 g/mol. The fourth-order valence-electron chi connectivity index (χ4n) is 5.60. The Kier molecular flexibility index (Phi) is 11.6. The second kappa shape index (κ2) is 15.5. The van der Waals surface area contributed by atoms with Crippen molar-refractivity contribution in [2.45, 2.75) is 52.8 Å². The topological polar surface area (TPSA) is 101 Å². The number of benzene rings is 1. The Morgan fingerprint density at radius 2 is 1.90 bits per heavy atom. The molecule has 0 radical (unpaired) electrons. The number of hydrogen-bond acceptors (Lipinski definition) is 7. The summed E-state index contributed by atoms with van der Waals surface area (Å²) in [6.45, 7) is 12.8. The number of pyridine rings is 1. The van der Waals surface area contributed by atoms with E-state index < -0.39 is 18.0 Å². The van der Waals surface area contributed by atoms with Crippen molar-refractivity contribution in [2.75, 3.05) is 51.9 Å². The minimum absolute atomic E-state index is 0.0577. The van der Waals surface area contributed by atoms with Gasteiger partial charge in [-0.15, -0.1) is 0 Å². The molecule has 4 rings (SSSR count). The summed E-state index contributed by atoms with van der Waals surface area (Å²) in [5, 5.41) is 16.7. The molecule has 9 nitrogen and oxygen atoms in total. The number of rotatable bonds is 11. The molecule has 2 heterocycles. The number of aromatic nitrogens is 2. The fourth-order valence-corrected chi connectivity index (χ4v) is 5.60. The van der Waals surface area contributed by atoms with Crippen molar-refractivity contribution < 1.29 is 9.18 Å². The molecule has 1 aromatic carbocycles. The van der Waals surface area contributed by atoms with Crippen LogP contribution in [-0.4, -0.2) is 78.8 Å². The van der Waals surface area contributed by atoms with Crippen LogP contribution in [0.5, 0.6) is 0 Å². The van der Waals surface area contributed by atoms with Gasteiger partial charge in [-0.3, -0.25) is 9.20 Å². The first-order valence-electron chi connectivity index (χ1n) is 16.2. The van der Waals surface area contributed by atoms with E-state index in [0.29, 0.717) is 28.3 Å². The highest BCUT2D eigenvalue weighted by Crippen LogP contribution is 2.34. The molecule has 4 N–H and O–H groups in total. The third kappa shape index (κ3) is 8.59. The number of anilines is 2. The van der Waals surface area contributed by atoms with E-state index >= 15 is 4.39 Å². The zero-order chi connectivity index (χ0) is 35.2. The van der Waals surface area contributed by atoms with Gasteiger partial charge in [-0.1, -0.05) is 45.3 Å². The summed E-state index contributed by atoms with van der Waals surface area (Å²) in [5.74, 6) is 5.38. The van der Waals surface area contributed by atoms with Crippen LogP contribution in [0.3, 0.4) is 0 Å². The van der Waals surface area contributed by atoms with Crippen LogP contribution in [0.1, 0.15) is 51.4 Å². The Morgan fingerprint density at radius 3 is 2.56 bits per heavy atom. The molecule has 3 aromatic rings. The smallest absolute Gasteiger partial charge is 0.254 e. The summed E-state index contributed by atoms with van der Waals surface area (Å²) < 4.78 is 17.6. The third-order valence-electron chi connectivity index (χ3n) is 8.55. The number of nitrogens with zero attached hydrogens (tertiary/aromatic N) is 4. The molecule has 0 aliphatic heterocycles. The van der Waals surface area contributed by atoms with Crippen molar-refractivity contribution in [3.8, 4) is 11.8 Å². The van der Waals surface area contributed by atoms with Gasteiger partial charge in [0.2, 0.25) is 0 Å². The van der Waals surface area contributed by atoms with Crippen LogP contribution >= 0.6 is 0 Å². The Hall–Kier alpha value is -4.72. The normalized spacial score (nSPS) is 16.9. The third-order valence-corrected chi connectivity index (χ3v) is 8.55. The van der Waals surface area contributed by atoms with E-state index in [0.717, 1.165) is 36.5 Å². The number of nitrogens with one attached hydrogen (secondary N) is 4. The number of likely N-dealkylation sites (N-methyl/N-ethyl adjacent to an activating group) is 2. The number of carbonyl (C=O) groups excluding carboxylic acids is 1. The molecule has 1 amide bonds. The minimum Gasteiger partial charge on any atom is -0.392 e. The molecule has 10 heteroatoms. The van der Waals surface area contributed by atoms with Crippen molar-refractivity contribution in [1.29, 1.82) is 5.41 Å². The van der Waals surface area contributed by atoms with Gasteiger partial charge in [-0.25, -0.2) is 9.37 Å². The van der Waals surface area contributed by atoms with E-state index in [9.17, 15) is 4.79 Å². The predicted octanol–water partition coefficient (Wildman–Crippen LogP) is 5.97. The van der Waals surface area contributed by atoms with Crippen molar-refractivity contribution in [2.24, 2.45) is 5.92 Å². The van der Waals surface area contributed by atoms with E-state index in [1.54, 1.807) is 32.4 Å². The second-order valence-electron chi connectivity index (χ2n) is 13.7. The van der Waals surface area contributed by atoms with Crippen LogP contribution in [0.4, 0.5) is 15.8 Å². The standard InChI is InChI=1S/C38H49FN8O/c1-25-26(2)35(39)32(37(48)44-29-14-12-28(33(20-29)38(3,4)5)24-46(9)18-17-45(7)8)19-27(25)13-15-31-23-42-36-34(11-10-16-47(31)36)43-30(21-40)22-41-6/h10-12,14,16,19-23,26,35,40-41,43H,17-18,24H2,1-9H3,(H,44,48)/b30-22+,40-21?. The number of alkyl halides is 1. The lowest BCUT2D eigenvalue weighted by atomic mass is 9.82. The predicted molar refractivity (Wildman–Crippen MR) is 195 cm³/mol. The van der Waals surface area contributed by atoms with Crippen molar-refractivity contribution >= 4 is 29.1 Å². The molecule has 1 aliphatic carbocycles. The lowest BCUT2D eigenvalue weighted by Crippen LogP contribution is -2.30. The van der Waals surface area contributed by atoms with Gasteiger partial charge in [-0.05, 0) is 80.9 Å². The highest BCUT2D eigenvalue weighted by atomic mass is 19.1. The first-order valence-corrected chi connectivity index (χ1v) is 16.2. The number of carbonyl (C=O) groups is 1. The van der Waals surface area contributed by atoms with Crippen molar-refractivity contribution in [3.63, 3.8) is 0 Å². The average Bonchev–Trinajstić information content (AvgIpc) is 3.46. The first kappa shape index (κ1) is 36.1. The summed E-state index contributed by atoms with van der Waals surface area (Å²) in [4.78, 5) is 22.6. The van der Waals surface area contributed by atoms with Crippen molar-refractivity contribution in [1.82, 2.24) is 24.5 Å². The summed E-state index contributed by atoms with van der Waals surface area (Å²) in [6, 6.07) is 9.72. The van der Waals surface area contributed by atoms with Gasteiger partial charge in [-0.2, -0.15) is 0 Å². The quantitative estimate of drug-likeness (QED) is 0.151. The van der Waals surface area contributed by atoms with E-state index in [-0.39, 0.29) is 11.0 Å². The molecule has 0 saturated heterocycles. The zero-order valence-electron chi connectivity index (χ0n) is 29.6. The van der Waals surface area contributed by atoms with E-state index in [4.69, 9.17) is 5.41 Å². The highest BCUT2D eigenvalue weighted by molar-refractivity contribution is 6.05. The number of imidazole rings is 1. The summed E-state index contributed by atoms with van der Waals surface area (Å²) in [7, 11) is 8.02. The van der Waals surface area contributed by atoms with E-state index in [2.05, 4.69) is 90.6 Å². The molecule has 1 aliphatic rings. The van der Waals surface area contributed by atoms with Crippen LogP contribution in [0.2, 0.25) is 0 Å². The van der Waals surface area contributed by atoms with Gasteiger partial charge in [0.1, 0.15) is 11.9 Å². The molecule has 2 atom stereocenters. The molecule has 48 heavy (non-hydrogen) atoms.